The van der Waals surface area contributed by atoms with Crippen LogP contribution in [0.1, 0.15) is 24.3 Å². The Morgan fingerprint density at radius 1 is 1.28 bits per heavy atom. The van der Waals surface area contributed by atoms with Crippen molar-refractivity contribution in [3.63, 3.8) is 0 Å². The van der Waals surface area contributed by atoms with Gasteiger partial charge in [0.2, 0.25) is 17.6 Å². The second-order valence-electron chi connectivity index (χ2n) is 7.36. The van der Waals surface area contributed by atoms with E-state index in [2.05, 4.69) is 27.2 Å². The van der Waals surface area contributed by atoms with Crippen LogP contribution in [-0.4, -0.2) is 46.0 Å². The number of thiophene rings is 1. The molecule has 2 aromatic heterocycles. The van der Waals surface area contributed by atoms with E-state index in [0.717, 1.165) is 42.4 Å². The van der Waals surface area contributed by atoms with Gasteiger partial charge in [-0.15, -0.1) is 11.3 Å². The lowest BCUT2D eigenvalue weighted by molar-refractivity contribution is -0.136. The summed E-state index contributed by atoms with van der Waals surface area (Å²) >= 11 is 7.51. The summed E-state index contributed by atoms with van der Waals surface area (Å²) in [4.78, 5) is 22.3. The van der Waals surface area contributed by atoms with Gasteiger partial charge in [0.05, 0.1) is 11.4 Å². The summed E-state index contributed by atoms with van der Waals surface area (Å²) in [6.07, 6.45) is 1.72. The van der Waals surface area contributed by atoms with Gasteiger partial charge in [-0.2, -0.15) is 4.98 Å². The van der Waals surface area contributed by atoms with Crippen molar-refractivity contribution in [2.75, 3.05) is 20.1 Å². The lowest BCUT2D eigenvalue weighted by Crippen LogP contribution is -2.40. The van der Waals surface area contributed by atoms with E-state index in [9.17, 15) is 4.79 Å². The second kappa shape index (κ2) is 9.07. The summed E-state index contributed by atoms with van der Waals surface area (Å²) in [6, 6.07) is 11.9. The summed E-state index contributed by atoms with van der Waals surface area (Å²) in [7, 11) is 1.80. The molecule has 1 aliphatic heterocycles. The number of halogens is 1. The molecule has 0 atom stereocenters. The molecule has 0 radical (unpaired) electrons. The van der Waals surface area contributed by atoms with Gasteiger partial charge in [-0.25, -0.2) is 0 Å². The molecule has 0 bridgehead atoms. The van der Waals surface area contributed by atoms with Crippen molar-refractivity contribution < 1.29 is 9.32 Å². The first-order chi connectivity index (χ1) is 14.1. The Morgan fingerprint density at radius 3 is 2.72 bits per heavy atom. The van der Waals surface area contributed by atoms with Crippen LogP contribution in [0.15, 0.2) is 46.3 Å². The number of nitrogens with zero attached hydrogens (tertiary/aromatic N) is 4. The largest absolute Gasteiger partial charge is 0.337 e. The first kappa shape index (κ1) is 20.1. The molecule has 0 spiro atoms. The van der Waals surface area contributed by atoms with Gasteiger partial charge in [-0.1, -0.05) is 35.0 Å². The Balaban J connectivity index is 1.27. The molecule has 8 heteroatoms. The van der Waals surface area contributed by atoms with Crippen molar-refractivity contribution in [2.45, 2.75) is 25.9 Å². The van der Waals surface area contributed by atoms with Crippen LogP contribution >= 0.6 is 22.9 Å². The molecule has 29 heavy (non-hydrogen) atoms. The highest BCUT2D eigenvalue weighted by Gasteiger charge is 2.28. The van der Waals surface area contributed by atoms with E-state index in [4.69, 9.17) is 16.1 Å². The lowest BCUT2D eigenvalue weighted by Gasteiger charge is -2.33. The van der Waals surface area contributed by atoms with Gasteiger partial charge >= 0.3 is 0 Å². The lowest BCUT2D eigenvalue weighted by atomic mass is 9.95. The molecule has 0 saturated carbocycles. The number of amides is 1. The van der Waals surface area contributed by atoms with E-state index >= 15 is 0 Å². The third-order valence-corrected chi connectivity index (χ3v) is 6.33. The minimum atomic E-state index is 0.0427. The third kappa shape index (κ3) is 5.04. The number of rotatable bonds is 6. The predicted molar refractivity (Wildman–Crippen MR) is 114 cm³/mol. The first-order valence-electron chi connectivity index (χ1n) is 9.67. The zero-order valence-corrected chi connectivity index (χ0v) is 17.8. The van der Waals surface area contributed by atoms with Gasteiger partial charge in [0.25, 0.3) is 0 Å². The average molecular weight is 431 g/mol. The maximum atomic E-state index is 12.8. The first-order valence-corrected chi connectivity index (χ1v) is 10.9. The minimum Gasteiger partial charge on any atom is -0.337 e. The summed E-state index contributed by atoms with van der Waals surface area (Å²) in [5.41, 5.74) is 1.24. The van der Waals surface area contributed by atoms with Crippen LogP contribution in [0.25, 0.3) is 10.7 Å². The normalized spacial score (nSPS) is 15.5. The van der Waals surface area contributed by atoms with Gasteiger partial charge < -0.3 is 9.42 Å². The molecule has 4 rings (SSSR count). The molecule has 0 unspecified atom stereocenters. The third-order valence-electron chi connectivity index (χ3n) is 5.21. The Labute approximate surface area is 179 Å². The summed E-state index contributed by atoms with van der Waals surface area (Å²) in [6.45, 7) is 3.05. The zero-order valence-electron chi connectivity index (χ0n) is 16.3. The number of likely N-dealkylation sites (tertiary alicyclic amines) is 1. The fraction of sp³-hybridized carbons (Fsp3) is 0.381. The quantitative estimate of drug-likeness (QED) is 0.582. The number of hydrogen-bond donors (Lipinski definition) is 0. The van der Waals surface area contributed by atoms with E-state index in [1.807, 2.05) is 29.6 Å². The molecule has 1 aromatic carbocycles. The number of hydrogen-bond acceptors (Lipinski definition) is 6. The van der Waals surface area contributed by atoms with E-state index < -0.39 is 0 Å². The number of carbonyl (C=O) groups is 1. The molecule has 0 aliphatic carbocycles. The molecule has 1 aliphatic rings. The monoisotopic (exact) mass is 430 g/mol. The highest BCUT2D eigenvalue weighted by molar-refractivity contribution is 7.13. The molecule has 152 valence electrons. The molecular formula is C21H23ClN4O2S. The molecule has 6 nitrogen and oxygen atoms in total. The van der Waals surface area contributed by atoms with Gasteiger partial charge in [0, 0.05) is 24.5 Å². The SMILES string of the molecule is CN(Cc1nc(-c2cccs2)no1)C(=O)C1CCN(Cc2ccc(Cl)cc2)CC1. The van der Waals surface area contributed by atoms with Crippen LogP contribution in [-0.2, 0) is 17.9 Å². The number of piperidine rings is 1. The minimum absolute atomic E-state index is 0.0427. The van der Waals surface area contributed by atoms with E-state index in [1.165, 1.54) is 5.56 Å². The van der Waals surface area contributed by atoms with Crippen molar-refractivity contribution in [1.29, 1.82) is 0 Å². The average Bonchev–Trinajstić information content (AvgIpc) is 3.41. The van der Waals surface area contributed by atoms with Gasteiger partial charge in [0.1, 0.15) is 0 Å². The standard InChI is InChI=1S/C21H23ClN4O2S/c1-25(14-19-23-20(24-28-19)18-3-2-12-29-18)21(27)16-8-10-26(11-9-16)13-15-4-6-17(22)7-5-15/h2-7,12,16H,8-11,13-14H2,1H3. The van der Waals surface area contributed by atoms with Gasteiger partial charge in [-0.3, -0.25) is 9.69 Å². The van der Waals surface area contributed by atoms with Crippen LogP contribution in [0.3, 0.4) is 0 Å². The van der Waals surface area contributed by atoms with E-state index in [0.29, 0.717) is 18.3 Å². The van der Waals surface area contributed by atoms with Crippen molar-refractivity contribution in [3.8, 4) is 10.7 Å². The highest BCUT2D eigenvalue weighted by Crippen LogP contribution is 2.24. The van der Waals surface area contributed by atoms with Crippen LogP contribution < -0.4 is 0 Å². The van der Waals surface area contributed by atoms with Crippen LogP contribution in [0.5, 0.6) is 0 Å². The maximum absolute atomic E-state index is 12.8. The van der Waals surface area contributed by atoms with Gasteiger partial charge in [0.15, 0.2) is 0 Å². The van der Waals surface area contributed by atoms with E-state index in [1.54, 1.807) is 23.3 Å². The molecule has 0 N–H and O–H groups in total. The second-order valence-corrected chi connectivity index (χ2v) is 8.74. The van der Waals surface area contributed by atoms with Crippen molar-refractivity contribution in [2.24, 2.45) is 5.92 Å². The fourth-order valence-electron chi connectivity index (χ4n) is 3.60. The van der Waals surface area contributed by atoms with E-state index in [-0.39, 0.29) is 11.8 Å². The van der Waals surface area contributed by atoms with Crippen LogP contribution in [0.2, 0.25) is 5.02 Å². The topological polar surface area (TPSA) is 62.5 Å². The molecule has 1 fully saturated rings. The summed E-state index contributed by atoms with van der Waals surface area (Å²) in [5, 5.41) is 6.74. The summed E-state index contributed by atoms with van der Waals surface area (Å²) < 4.78 is 5.32. The Kier molecular flexibility index (Phi) is 6.28. The van der Waals surface area contributed by atoms with Gasteiger partial charge in [-0.05, 0) is 55.1 Å². The zero-order chi connectivity index (χ0) is 20.2. The Bertz CT molecular complexity index is 934. The molecule has 1 saturated heterocycles. The molecule has 1 amide bonds. The number of carbonyl (C=O) groups excluding carboxylic acids is 1. The molecule has 3 heterocycles. The number of aromatic nitrogens is 2. The van der Waals surface area contributed by atoms with Crippen LogP contribution in [0.4, 0.5) is 0 Å². The molecular weight excluding hydrogens is 408 g/mol. The van der Waals surface area contributed by atoms with Crippen LogP contribution in [0, 0.1) is 5.92 Å². The Hall–Kier alpha value is -2.22. The highest BCUT2D eigenvalue weighted by atomic mass is 35.5. The van der Waals surface area contributed by atoms with Crippen molar-refractivity contribution in [1.82, 2.24) is 19.9 Å². The number of benzene rings is 1. The predicted octanol–water partition coefficient (Wildman–Crippen LogP) is 4.32. The Morgan fingerprint density at radius 2 is 2.03 bits per heavy atom. The molecule has 3 aromatic rings. The van der Waals surface area contributed by atoms with Crippen molar-refractivity contribution in [3.05, 3.63) is 58.3 Å². The smallest absolute Gasteiger partial charge is 0.246 e. The fourth-order valence-corrected chi connectivity index (χ4v) is 4.38. The maximum Gasteiger partial charge on any atom is 0.246 e. The summed E-state index contributed by atoms with van der Waals surface area (Å²) in [5.74, 6) is 1.23. The van der Waals surface area contributed by atoms with Crippen molar-refractivity contribution >= 4 is 28.8 Å².